The average Bonchev–Trinajstić information content (AvgIpc) is 3.05. The smallest absolute Gasteiger partial charge is 0.232 e. The molecule has 0 unspecified atom stereocenters. The van der Waals surface area contributed by atoms with Gasteiger partial charge < -0.3 is 14.7 Å². The van der Waals surface area contributed by atoms with Crippen molar-refractivity contribution in [3.8, 4) is 11.5 Å². The van der Waals surface area contributed by atoms with Crippen LogP contribution in [0, 0.1) is 6.92 Å². The molecule has 3 heterocycles. The normalized spacial score (nSPS) is 19.4. The van der Waals surface area contributed by atoms with Crippen molar-refractivity contribution in [1.29, 1.82) is 0 Å². The van der Waals surface area contributed by atoms with Gasteiger partial charge in [0.25, 0.3) is 0 Å². The van der Waals surface area contributed by atoms with Crippen LogP contribution in [-0.4, -0.2) is 18.9 Å². The number of aryl methyl sites for hydroxylation is 1. The highest BCUT2D eigenvalue weighted by atomic mass is 32.1. The molecule has 4 rings (SSSR count). The third-order valence-corrected chi connectivity index (χ3v) is 6.27. The van der Waals surface area contributed by atoms with E-state index in [1.54, 1.807) is 23.5 Å². The number of rotatable bonds is 3. The molecule has 1 saturated heterocycles. The Bertz CT molecular complexity index is 860. The summed E-state index contributed by atoms with van der Waals surface area (Å²) in [5.74, 6) is 0.657. The molecule has 0 atom stereocenters. The molecule has 2 aromatic rings. The van der Waals surface area contributed by atoms with Gasteiger partial charge in [-0.2, -0.15) is 0 Å². The first-order chi connectivity index (χ1) is 12.6. The van der Waals surface area contributed by atoms with Crippen molar-refractivity contribution in [3.63, 3.8) is 0 Å². The minimum atomic E-state index is -0.125. The number of quaternary nitrogens is 1. The number of carbonyl (C=O) groups excluding carboxylic acids is 1. The fourth-order valence-electron chi connectivity index (χ4n) is 3.76. The highest BCUT2D eigenvalue weighted by molar-refractivity contribution is 7.11. The molecule has 2 aliphatic heterocycles. The topological polar surface area (TPSA) is 53.8 Å². The third kappa shape index (κ3) is 3.29. The van der Waals surface area contributed by atoms with E-state index in [0.717, 1.165) is 23.5 Å². The van der Waals surface area contributed by atoms with Crippen LogP contribution in [0.25, 0.3) is 6.08 Å². The molecule has 0 amide bonds. The van der Waals surface area contributed by atoms with Gasteiger partial charge in [-0.25, -0.2) is 0 Å². The molecule has 1 aromatic heterocycles. The van der Waals surface area contributed by atoms with Gasteiger partial charge in [-0.15, -0.1) is 11.3 Å². The number of hydrogen-bond donors (Lipinski definition) is 1. The van der Waals surface area contributed by atoms with Crippen molar-refractivity contribution in [2.75, 3.05) is 13.1 Å². The van der Waals surface area contributed by atoms with E-state index in [1.165, 1.54) is 36.6 Å². The zero-order valence-corrected chi connectivity index (χ0v) is 15.8. The zero-order valence-electron chi connectivity index (χ0n) is 15.0. The lowest BCUT2D eigenvalue weighted by Crippen LogP contribution is -3.10. The van der Waals surface area contributed by atoms with Crippen molar-refractivity contribution in [2.45, 2.75) is 39.2 Å². The highest BCUT2D eigenvalue weighted by Gasteiger charge is 2.31. The molecule has 0 aliphatic carbocycles. The second-order valence-electron chi connectivity index (χ2n) is 7.17. The third-order valence-electron chi connectivity index (χ3n) is 5.30. The summed E-state index contributed by atoms with van der Waals surface area (Å²) >= 11 is 1.58. The van der Waals surface area contributed by atoms with Crippen LogP contribution in [-0.2, 0) is 6.54 Å². The number of nitrogens with one attached hydrogen (secondary N) is 1. The second kappa shape index (κ2) is 7.25. The summed E-state index contributed by atoms with van der Waals surface area (Å²) in [7, 11) is 0. The zero-order chi connectivity index (χ0) is 18.1. The van der Waals surface area contributed by atoms with E-state index < -0.39 is 0 Å². The number of likely N-dealkylation sites (tertiary alicyclic amines) is 1. The van der Waals surface area contributed by atoms with E-state index >= 15 is 0 Å². The first kappa shape index (κ1) is 17.3. The summed E-state index contributed by atoms with van der Waals surface area (Å²) in [5.41, 5.74) is 2.29. The number of benzene rings is 1. The molecule has 136 valence electrons. The Morgan fingerprint density at radius 2 is 1.96 bits per heavy atom. The molecule has 2 aliphatic rings. The lowest BCUT2D eigenvalue weighted by Gasteiger charge is -2.22. The van der Waals surface area contributed by atoms with Gasteiger partial charge in [0.15, 0.2) is 5.76 Å². The van der Waals surface area contributed by atoms with E-state index in [2.05, 4.69) is 0 Å². The largest absolute Gasteiger partial charge is 0.872 e. The van der Waals surface area contributed by atoms with Crippen molar-refractivity contribution >= 4 is 23.2 Å². The second-order valence-corrected chi connectivity index (χ2v) is 8.12. The van der Waals surface area contributed by atoms with Crippen LogP contribution in [0.2, 0.25) is 0 Å². The van der Waals surface area contributed by atoms with Crippen LogP contribution in [0.1, 0.15) is 52.0 Å². The van der Waals surface area contributed by atoms with E-state index in [1.807, 2.05) is 18.4 Å². The van der Waals surface area contributed by atoms with Crippen molar-refractivity contribution in [2.24, 2.45) is 0 Å². The molecule has 26 heavy (non-hydrogen) atoms. The number of carbonyl (C=O) groups is 1. The lowest BCUT2D eigenvalue weighted by atomic mass is 10.0. The SMILES string of the molecule is Cc1ccsc1C=C1Oc2c(ccc([O-])c2C[NH+]2CCCCCC2)C1=O. The molecule has 4 nitrogen and oxygen atoms in total. The Labute approximate surface area is 157 Å². The summed E-state index contributed by atoms with van der Waals surface area (Å²) in [6, 6.07) is 5.16. The van der Waals surface area contributed by atoms with Crippen LogP contribution in [0.5, 0.6) is 11.5 Å². The van der Waals surface area contributed by atoms with Crippen LogP contribution >= 0.6 is 11.3 Å². The van der Waals surface area contributed by atoms with Gasteiger partial charge in [0, 0.05) is 16.5 Å². The molecule has 0 saturated carbocycles. The average molecular weight is 369 g/mol. The summed E-state index contributed by atoms with van der Waals surface area (Å²) in [5, 5.41) is 14.5. The van der Waals surface area contributed by atoms with Crippen LogP contribution < -0.4 is 14.7 Å². The number of Topliss-reactive ketones (excluding diaryl/α,β-unsaturated/α-hetero) is 1. The minimum Gasteiger partial charge on any atom is -0.872 e. The summed E-state index contributed by atoms with van der Waals surface area (Å²) in [6.45, 7) is 4.81. The van der Waals surface area contributed by atoms with Crippen LogP contribution in [0.15, 0.2) is 29.3 Å². The molecule has 0 spiro atoms. The quantitative estimate of drug-likeness (QED) is 0.847. The first-order valence-corrected chi connectivity index (χ1v) is 10.2. The number of thiophene rings is 1. The molecule has 1 fully saturated rings. The van der Waals surface area contributed by atoms with Gasteiger partial charge >= 0.3 is 0 Å². The molecular formula is C21H23NO3S. The fourth-order valence-corrected chi connectivity index (χ4v) is 4.61. The van der Waals surface area contributed by atoms with E-state index in [-0.39, 0.29) is 11.5 Å². The highest BCUT2D eigenvalue weighted by Crippen LogP contribution is 2.38. The number of fused-ring (bicyclic) bond motifs is 1. The van der Waals surface area contributed by atoms with Crippen LogP contribution in [0.3, 0.4) is 0 Å². The molecule has 0 bridgehead atoms. The summed E-state index contributed by atoms with van der Waals surface area (Å²) < 4.78 is 5.94. The Hall–Kier alpha value is -2.11. The number of ketones is 1. The van der Waals surface area contributed by atoms with Gasteiger partial charge in [-0.05, 0) is 55.7 Å². The van der Waals surface area contributed by atoms with Crippen molar-refractivity contribution in [1.82, 2.24) is 0 Å². The van der Waals surface area contributed by atoms with Gasteiger partial charge in [-0.3, -0.25) is 4.79 Å². The Morgan fingerprint density at radius 1 is 1.19 bits per heavy atom. The van der Waals surface area contributed by atoms with E-state index in [9.17, 15) is 9.90 Å². The predicted molar refractivity (Wildman–Crippen MR) is 101 cm³/mol. The Kier molecular flexibility index (Phi) is 4.83. The molecule has 5 heteroatoms. The maximum absolute atomic E-state index is 12.7. The van der Waals surface area contributed by atoms with Gasteiger partial charge in [0.2, 0.25) is 5.78 Å². The first-order valence-electron chi connectivity index (χ1n) is 9.28. The standard InChI is InChI=1S/C21H23NO3S/c1-14-8-11-26-19(14)12-18-20(24)15-6-7-17(23)16(21(15)25-18)13-22-9-4-2-3-5-10-22/h6-8,11-12,23H,2-5,9-10,13H2,1H3. The number of ether oxygens (including phenoxy) is 1. The maximum atomic E-state index is 12.7. The fraction of sp³-hybridized carbons (Fsp3) is 0.381. The molecular weight excluding hydrogens is 346 g/mol. The van der Waals surface area contributed by atoms with Gasteiger partial charge in [0.1, 0.15) is 12.3 Å². The van der Waals surface area contributed by atoms with E-state index in [0.29, 0.717) is 29.2 Å². The van der Waals surface area contributed by atoms with Crippen LogP contribution in [0.4, 0.5) is 0 Å². The monoisotopic (exact) mass is 369 g/mol. The van der Waals surface area contributed by atoms with Gasteiger partial charge in [0.05, 0.1) is 18.7 Å². The Balaban J connectivity index is 1.65. The maximum Gasteiger partial charge on any atom is 0.232 e. The number of allylic oxidation sites excluding steroid dienone is 1. The Morgan fingerprint density at radius 3 is 2.65 bits per heavy atom. The predicted octanol–water partition coefficient (Wildman–Crippen LogP) is 2.71. The molecule has 1 aromatic carbocycles. The molecule has 0 radical (unpaired) electrons. The minimum absolute atomic E-state index is 0.0261. The lowest BCUT2D eigenvalue weighted by molar-refractivity contribution is -0.913. The van der Waals surface area contributed by atoms with Crippen molar-refractivity contribution < 1.29 is 19.5 Å². The molecule has 1 N–H and O–H groups in total. The van der Waals surface area contributed by atoms with Gasteiger partial charge in [-0.1, -0.05) is 11.8 Å². The van der Waals surface area contributed by atoms with Crippen molar-refractivity contribution in [3.05, 3.63) is 50.9 Å². The summed E-state index contributed by atoms with van der Waals surface area (Å²) in [6.07, 6.45) is 6.73. The van der Waals surface area contributed by atoms with E-state index in [4.69, 9.17) is 4.74 Å². The number of hydrogen-bond acceptors (Lipinski definition) is 4. The summed E-state index contributed by atoms with van der Waals surface area (Å²) in [4.78, 5) is 15.2.